The molecule has 0 radical (unpaired) electrons. The van der Waals surface area contributed by atoms with Gasteiger partial charge >= 0.3 is 0 Å². The van der Waals surface area contributed by atoms with Crippen molar-refractivity contribution >= 4 is 65.8 Å². The van der Waals surface area contributed by atoms with Gasteiger partial charge in [-0.25, -0.2) is 44.9 Å². The van der Waals surface area contributed by atoms with E-state index in [4.69, 9.17) is 58.1 Å². The van der Waals surface area contributed by atoms with Gasteiger partial charge in [0.1, 0.15) is 50.6 Å². The zero-order chi connectivity index (χ0) is 84.5. The lowest BCUT2D eigenvalue weighted by Crippen LogP contribution is -2.14. The monoisotopic (exact) mass is 1620 g/mol. The first-order chi connectivity index (χ1) is 61.7. The summed E-state index contributed by atoms with van der Waals surface area (Å²) >= 11 is 0. The Morgan fingerprint density at radius 3 is 0.786 bits per heavy atom. The summed E-state index contributed by atoms with van der Waals surface area (Å²) in [5.41, 5.74) is 30.0. The Bertz CT molecular complexity index is 7620. The number of pyridine rings is 3. The van der Waals surface area contributed by atoms with E-state index in [1.54, 1.807) is 18.6 Å². The maximum atomic E-state index is 6.67. The summed E-state index contributed by atoms with van der Waals surface area (Å²) in [6.07, 6.45) is 5.22. The van der Waals surface area contributed by atoms with Crippen LogP contribution in [0.1, 0.15) is 74.9 Å². The summed E-state index contributed by atoms with van der Waals surface area (Å²) in [7, 11) is 0. The third kappa shape index (κ3) is 12.6. The van der Waals surface area contributed by atoms with Crippen LogP contribution in [0.25, 0.3) is 213 Å². The lowest BCUT2D eigenvalue weighted by Gasteiger charge is -2.21. The van der Waals surface area contributed by atoms with Gasteiger partial charge in [0.2, 0.25) is 0 Å². The molecule has 126 heavy (non-hydrogen) atoms. The first kappa shape index (κ1) is 74.8. The van der Waals surface area contributed by atoms with Gasteiger partial charge in [0, 0.05) is 95.0 Å². The molecule has 0 saturated carbocycles. The van der Waals surface area contributed by atoms with Gasteiger partial charge in [0.15, 0.2) is 52.4 Å². The molecule has 3 aliphatic carbocycles. The van der Waals surface area contributed by atoms with Crippen molar-refractivity contribution in [2.45, 2.75) is 57.8 Å². The molecule has 0 bridgehead atoms. The third-order valence-electron chi connectivity index (χ3n) is 25.2. The third-order valence-corrected chi connectivity index (χ3v) is 25.2. The van der Waals surface area contributed by atoms with Crippen LogP contribution in [0.4, 0.5) is 0 Å². The van der Waals surface area contributed by atoms with Crippen molar-refractivity contribution in [3.63, 3.8) is 0 Å². The molecule has 0 fully saturated rings. The SMILES string of the molecule is CC1(C)c2ccccc2-c2cc3c(cc21)oc1c(-c2ccc(-c4nc(-c5ccccc5)nc(-c5ccccc5)n4)cc2)cccc13.CC1(C)c2ccccc2-c2cc3c(cc21)oc1c(-c2nc(-c4ccccc4)nc(-c4ccccn4)n2)cccc13.CC1(C)c2ccccc2-c2cc3c(cc21)oc1c(-c2nc(-c4ccccn4)nc(-c4ccccn4)n2)cccc13. The van der Waals surface area contributed by atoms with Gasteiger partial charge in [0.25, 0.3) is 0 Å². The van der Waals surface area contributed by atoms with Gasteiger partial charge in [-0.1, -0.05) is 290 Å². The van der Waals surface area contributed by atoms with Crippen LogP contribution in [-0.4, -0.2) is 59.8 Å². The Morgan fingerprint density at radius 2 is 0.444 bits per heavy atom. The van der Waals surface area contributed by atoms with Gasteiger partial charge in [0.05, 0.1) is 11.1 Å². The zero-order valence-electron chi connectivity index (χ0n) is 69.6. The van der Waals surface area contributed by atoms with Crippen LogP contribution in [0.5, 0.6) is 0 Å². The van der Waals surface area contributed by atoms with Gasteiger partial charge in [-0.2, -0.15) is 0 Å². The minimum Gasteiger partial charge on any atom is -0.455 e. The molecule has 25 rings (SSSR count). The molecule has 9 aromatic heterocycles. The Kier molecular flexibility index (Phi) is 17.5. The van der Waals surface area contributed by atoms with Crippen molar-refractivity contribution in [3.05, 3.63) is 386 Å². The average molecular weight is 1630 g/mol. The molecule has 0 unspecified atom stereocenters. The predicted molar refractivity (Wildman–Crippen MR) is 502 cm³/mol. The number of para-hydroxylation sites is 3. The Labute approximate surface area is 725 Å². The van der Waals surface area contributed by atoms with Crippen LogP contribution < -0.4 is 0 Å². The number of fused-ring (bicyclic) bond motifs is 18. The number of benzene rings is 13. The molecule has 22 aromatic rings. The largest absolute Gasteiger partial charge is 0.455 e. The topological polar surface area (TPSA) is 194 Å². The number of rotatable bonds is 10. The number of hydrogen-bond acceptors (Lipinski definition) is 15. The summed E-state index contributed by atoms with van der Waals surface area (Å²) in [5.74, 6) is 5.09. The highest BCUT2D eigenvalue weighted by molar-refractivity contribution is 6.14. The van der Waals surface area contributed by atoms with Gasteiger partial charge in [-0.05, 0) is 157 Å². The van der Waals surface area contributed by atoms with Crippen molar-refractivity contribution < 1.29 is 13.3 Å². The Balaban J connectivity index is 0.000000109. The fourth-order valence-corrected chi connectivity index (χ4v) is 18.8. The van der Waals surface area contributed by atoms with Gasteiger partial charge < -0.3 is 13.3 Å². The minimum atomic E-state index is -0.106. The molecule has 598 valence electrons. The molecule has 15 nitrogen and oxygen atoms in total. The lowest BCUT2D eigenvalue weighted by molar-refractivity contribution is 0.647. The molecule has 0 amide bonds. The summed E-state index contributed by atoms with van der Waals surface area (Å²) in [6.45, 7) is 13.7. The normalized spacial score (nSPS) is 13.3. The van der Waals surface area contributed by atoms with E-state index in [-0.39, 0.29) is 16.2 Å². The smallest absolute Gasteiger partial charge is 0.182 e. The van der Waals surface area contributed by atoms with E-state index in [9.17, 15) is 0 Å². The van der Waals surface area contributed by atoms with Gasteiger partial charge in [-0.3, -0.25) is 15.0 Å². The van der Waals surface area contributed by atoms with Crippen molar-refractivity contribution in [1.82, 2.24) is 59.8 Å². The number of hydrogen-bond donors (Lipinski definition) is 0. The highest BCUT2D eigenvalue weighted by Gasteiger charge is 2.40. The van der Waals surface area contributed by atoms with E-state index in [0.29, 0.717) is 69.5 Å². The number of aromatic nitrogens is 12. The van der Waals surface area contributed by atoms with Crippen molar-refractivity contribution in [2.75, 3.05) is 0 Å². The fourth-order valence-electron chi connectivity index (χ4n) is 18.8. The van der Waals surface area contributed by atoms with Crippen LogP contribution in [0.15, 0.2) is 365 Å². The van der Waals surface area contributed by atoms with Crippen molar-refractivity contribution in [3.8, 4) is 147 Å². The minimum absolute atomic E-state index is 0.0759. The summed E-state index contributed by atoms with van der Waals surface area (Å²) < 4.78 is 19.9. The molecule has 0 atom stereocenters. The van der Waals surface area contributed by atoms with E-state index in [2.05, 4.69) is 220 Å². The van der Waals surface area contributed by atoms with Crippen molar-refractivity contribution in [2.24, 2.45) is 0 Å². The molecule has 3 aliphatic rings. The first-order valence-electron chi connectivity index (χ1n) is 42.3. The molecule has 0 saturated heterocycles. The second-order valence-electron chi connectivity index (χ2n) is 33.8. The van der Waals surface area contributed by atoms with Crippen LogP contribution in [0.2, 0.25) is 0 Å². The quantitative estimate of drug-likeness (QED) is 0.125. The molecular formula is C111H76N12O3. The maximum Gasteiger partial charge on any atom is 0.182 e. The predicted octanol–water partition coefficient (Wildman–Crippen LogP) is 27.1. The van der Waals surface area contributed by atoms with Gasteiger partial charge in [-0.15, -0.1) is 0 Å². The summed E-state index contributed by atoms with van der Waals surface area (Å²) in [4.78, 5) is 57.2. The molecule has 0 N–H and O–H groups in total. The van der Waals surface area contributed by atoms with Crippen LogP contribution in [-0.2, 0) is 16.2 Å². The van der Waals surface area contributed by atoms with E-state index >= 15 is 0 Å². The van der Waals surface area contributed by atoms with E-state index in [1.165, 1.54) is 66.8 Å². The number of furan rings is 3. The molecule has 0 spiro atoms. The zero-order valence-corrected chi connectivity index (χ0v) is 69.6. The standard InChI is InChI=1S/C42H29N3O.C35H24N4O.C34H23N5O/c1-42(2)35-19-10-9-16-31(35)33-24-34-32-18-11-17-30(38(32)46-37(34)25-36(33)42)26-20-22-29(23-21-26)41-44-39(27-12-5-3-6-13-27)43-40(45-41)28-14-7-4-8-15-28;1-35(2)27-16-7-6-13-22(27)25-19-26-23-14-10-15-24(31(23)40-30(26)20-28(25)35)33-37-32(21-11-4-3-5-12-21)38-34(39-33)29-17-8-9-18-36-29;1-34(2)25-13-4-3-10-20(25)23-18-24-21-11-9-12-22(30(21)40-29(24)19-26(23)34)31-37-32(27-14-5-7-16-35-27)39-33(38-31)28-15-6-8-17-36-28/h3-25H,1-2H3;3-20H,1-2H3;3-19H,1-2H3. The Hall–Kier alpha value is -16.3. The molecule has 13 aromatic carbocycles. The van der Waals surface area contributed by atoms with E-state index < -0.39 is 0 Å². The first-order valence-corrected chi connectivity index (χ1v) is 42.3. The maximum absolute atomic E-state index is 6.67. The Morgan fingerprint density at radius 1 is 0.183 bits per heavy atom. The van der Waals surface area contributed by atoms with Crippen LogP contribution >= 0.6 is 0 Å². The highest BCUT2D eigenvalue weighted by Crippen LogP contribution is 2.55. The molecule has 0 aliphatic heterocycles. The van der Waals surface area contributed by atoms with Crippen LogP contribution in [0.3, 0.4) is 0 Å². The summed E-state index contributed by atoms with van der Waals surface area (Å²) in [5, 5.41) is 6.50. The highest BCUT2D eigenvalue weighted by atomic mass is 16.3. The molecular weight excluding hydrogens is 1550 g/mol. The second-order valence-corrected chi connectivity index (χ2v) is 33.8. The van der Waals surface area contributed by atoms with Crippen molar-refractivity contribution in [1.29, 1.82) is 0 Å². The second kappa shape index (κ2) is 29.5. The number of nitrogens with zero attached hydrogens (tertiary/aromatic N) is 12. The summed E-state index contributed by atoms with van der Waals surface area (Å²) in [6, 6.07) is 114. The molecule has 15 heteroatoms. The molecule has 9 heterocycles. The van der Waals surface area contributed by atoms with E-state index in [1.807, 2.05) is 170 Å². The fraction of sp³-hybridized carbons (Fsp3) is 0.0811. The average Bonchev–Trinajstić information content (AvgIpc) is 1.57. The lowest BCUT2D eigenvalue weighted by atomic mass is 9.82. The van der Waals surface area contributed by atoms with E-state index in [0.717, 1.165) is 110 Å². The van der Waals surface area contributed by atoms with Crippen LogP contribution in [0, 0.1) is 0 Å².